The summed E-state index contributed by atoms with van der Waals surface area (Å²) in [5.41, 5.74) is 4.67. The van der Waals surface area contributed by atoms with Gasteiger partial charge in [0.1, 0.15) is 11.6 Å². The van der Waals surface area contributed by atoms with Crippen molar-refractivity contribution >= 4 is 23.3 Å². The summed E-state index contributed by atoms with van der Waals surface area (Å²) in [5, 5.41) is 4.73. The number of rotatable bonds is 2. The number of ether oxygens (including phenoxy) is 1. The van der Waals surface area contributed by atoms with Crippen LogP contribution in [0.1, 0.15) is 22.9 Å². The number of halogens is 2. The Morgan fingerprint density at radius 3 is 2.65 bits per heavy atom. The van der Waals surface area contributed by atoms with Crippen LogP contribution in [0, 0.1) is 5.82 Å². The Morgan fingerprint density at radius 1 is 1.13 bits per heavy atom. The summed E-state index contributed by atoms with van der Waals surface area (Å²) in [7, 11) is 1.68. The van der Waals surface area contributed by atoms with Gasteiger partial charge in [-0.25, -0.2) is 4.39 Å². The molecular formula is C18H18ClFN2O. The molecule has 0 bridgehead atoms. The Labute approximate surface area is 140 Å². The van der Waals surface area contributed by atoms with Gasteiger partial charge in [-0.2, -0.15) is 0 Å². The molecule has 1 aliphatic heterocycles. The molecule has 2 aromatic carbocycles. The number of hydrogen-bond acceptors (Lipinski definition) is 2. The average molecular weight is 333 g/mol. The number of hydrogen-bond donors (Lipinski definition) is 2. The summed E-state index contributed by atoms with van der Waals surface area (Å²) in [5.74, 6) is 0.660. The molecule has 23 heavy (non-hydrogen) atoms. The van der Waals surface area contributed by atoms with E-state index in [4.69, 9.17) is 4.74 Å². The molecule has 4 rings (SSSR count). The monoisotopic (exact) mass is 332 g/mol. The predicted molar refractivity (Wildman–Crippen MR) is 92.0 cm³/mol. The summed E-state index contributed by atoms with van der Waals surface area (Å²) < 4.78 is 18.5. The lowest BCUT2D eigenvalue weighted by molar-refractivity contribution is 0.415. The quantitative estimate of drug-likeness (QED) is 0.745. The van der Waals surface area contributed by atoms with Crippen LogP contribution >= 0.6 is 12.4 Å². The lowest BCUT2D eigenvalue weighted by atomic mass is 9.94. The van der Waals surface area contributed by atoms with E-state index in [1.165, 1.54) is 28.8 Å². The van der Waals surface area contributed by atoms with Gasteiger partial charge in [0.15, 0.2) is 0 Å². The fourth-order valence-corrected chi connectivity index (χ4v) is 3.27. The molecule has 0 saturated carbocycles. The summed E-state index contributed by atoms with van der Waals surface area (Å²) in [6, 6.07) is 12.9. The molecule has 0 fully saturated rings. The maximum Gasteiger partial charge on any atom is 0.123 e. The first kappa shape index (κ1) is 15.8. The second-order valence-electron chi connectivity index (χ2n) is 5.62. The molecule has 3 nitrogen and oxygen atoms in total. The normalized spacial score (nSPS) is 16.7. The molecule has 0 aliphatic carbocycles. The van der Waals surface area contributed by atoms with Crippen LogP contribution in [0.5, 0.6) is 5.75 Å². The molecule has 2 heterocycles. The van der Waals surface area contributed by atoms with Gasteiger partial charge in [-0.05, 0) is 47.9 Å². The summed E-state index contributed by atoms with van der Waals surface area (Å²) >= 11 is 0. The minimum absolute atomic E-state index is 0. The van der Waals surface area contributed by atoms with E-state index in [2.05, 4.69) is 16.4 Å². The first-order valence-corrected chi connectivity index (χ1v) is 7.43. The van der Waals surface area contributed by atoms with Crippen LogP contribution in [-0.2, 0) is 6.42 Å². The minimum Gasteiger partial charge on any atom is -0.497 e. The molecule has 0 amide bonds. The standard InChI is InChI=1S/C18H17FN2O.ClH/c1-22-13-6-7-16-15(10-13)14-8-9-20-17(18(14)21-16)11-2-4-12(19)5-3-11;/h2-7,10,17,20-21H,8-9H2,1H3;1H. The molecule has 120 valence electrons. The van der Waals surface area contributed by atoms with E-state index >= 15 is 0 Å². The molecule has 2 N–H and O–H groups in total. The number of fused-ring (bicyclic) bond motifs is 3. The number of nitrogens with one attached hydrogen (secondary N) is 2. The van der Waals surface area contributed by atoms with E-state index in [0.717, 1.165) is 29.8 Å². The Bertz CT molecular complexity index is 829. The van der Waals surface area contributed by atoms with Crippen molar-refractivity contribution in [2.45, 2.75) is 12.5 Å². The minimum atomic E-state index is -0.207. The Morgan fingerprint density at radius 2 is 1.91 bits per heavy atom. The zero-order valence-corrected chi connectivity index (χ0v) is 13.5. The maximum absolute atomic E-state index is 13.2. The van der Waals surface area contributed by atoms with E-state index in [9.17, 15) is 4.39 Å². The van der Waals surface area contributed by atoms with Crippen molar-refractivity contribution in [1.29, 1.82) is 0 Å². The summed E-state index contributed by atoms with van der Waals surface area (Å²) in [6.45, 7) is 0.902. The third kappa shape index (κ3) is 2.69. The van der Waals surface area contributed by atoms with Crippen LogP contribution in [0.3, 0.4) is 0 Å². The lowest BCUT2D eigenvalue weighted by Crippen LogP contribution is -2.30. The molecule has 5 heteroatoms. The predicted octanol–water partition coefficient (Wildman–Crippen LogP) is 3.97. The van der Waals surface area contributed by atoms with Gasteiger partial charge in [0.2, 0.25) is 0 Å². The van der Waals surface area contributed by atoms with Crippen LogP contribution in [-0.4, -0.2) is 18.6 Å². The Kier molecular flexibility index (Phi) is 4.28. The number of benzene rings is 2. The van der Waals surface area contributed by atoms with Crippen molar-refractivity contribution in [3.05, 3.63) is 65.1 Å². The van der Waals surface area contributed by atoms with Crippen molar-refractivity contribution in [3.8, 4) is 5.75 Å². The summed E-state index contributed by atoms with van der Waals surface area (Å²) in [6.07, 6.45) is 0.972. The first-order valence-electron chi connectivity index (χ1n) is 7.43. The fourth-order valence-electron chi connectivity index (χ4n) is 3.27. The van der Waals surface area contributed by atoms with Gasteiger partial charge in [0.25, 0.3) is 0 Å². The molecule has 1 aliphatic rings. The van der Waals surface area contributed by atoms with Crippen molar-refractivity contribution in [2.75, 3.05) is 13.7 Å². The van der Waals surface area contributed by atoms with Crippen LogP contribution in [0.4, 0.5) is 4.39 Å². The first-order chi connectivity index (χ1) is 10.8. The molecule has 3 aromatic rings. The Balaban J connectivity index is 0.00000156. The average Bonchev–Trinajstić information content (AvgIpc) is 2.93. The topological polar surface area (TPSA) is 37.0 Å². The highest BCUT2D eigenvalue weighted by Gasteiger charge is 2.25. The van der Waals surface area contributed by atoms with Gasteiger partial charge in [-0.15, -0.1) is 12.4 Å². The van der Waals surface area contributed by atoms with Crippen molar-refractivity contribution in [3.63, 3.8) is 0 Å². The third-order valence-corrected chi connectivity index (χ3v) is 4.36. The van der Waals surface area contributed by atoms with E-state index < -0.39 is 0 Å². The number of aromatic amines is 1. The molecule has 1 unspecified atom stereocenters. The molecular weight excluding hydrogens is 315 g/mol. The van der Waals surface area contributed by atoms with Crippen LogP contribution in [0.15, 0.2) is 42.5 Å². The lowest BCUT2D eigenvalue weighted by Gasteiger charge is -2.24. The van der Waals surface area contributed by atoms with Crippen molar-refractivity contribution < 1.29 is 9.13 Å². The van der Waals surface area contributed by atoms with Crippen LogP contribution in [0.25, 0.3) is 10.9 Å². The molecule has 0 spiro atoms. The molecule has 1 atom stereocenters. The third-order valence-electron chi connectivity index (χ3n) is 4.36. The highest BCUT2D eigenvalue weighted by atomic mass is 35.5. The van der Waals surface area contributed by atoms with Gasteiger partial charge in [0.05, 0.1) is 13.2 Å². The summed E-state index contributed by atoms with van der Waals surface area (Å²) in [4.78, 5) is 3.52. The van der Waals surface area contributed by atoms with Gasteiger partial charge in [0, 0.05) is 23.1 Å². The Hall–Kier alpha value is -2.04. The van der Waals surface area contributed by atoms with Gasteiger partial charge in [-0.1, -0.05) is 12.1 Å². The number of aromatic nitrogens is 1. The van der Waals surface area contributed by atoms with Crippen molar-refractivity contribution in [2.24, 2.45) is 0 Å². The SMILES string of the molecule is COc1ccc2[nH]c3c(c2c1)CCNC3c1ccc(F)cc1.Cl. The zero-order chi connectivity index (χ0) is 15.1. The van der Waals surface area contributed by atoms with Crippen LogP contribution < -0.4 is 10.1 Å². The van der Waals surface area contributed by atoms with E-state index in [0.29, 0.717) is 0 Å². The number of H-pyrrole nitrogens is 1. The van der Waals surface area contributed by atoms with Gasteiger partial charge in [-0.3, -0.25) is 0 Å². The highest BCUT2D eigenvalue weighted by Crippen LogP contribution is 2.34. The van der Waals surface area contributed by atoms with Crippen molar-refractivity contribution in [1.82, 2.24) is 10.3 Å². The second-order valence-corrected chi connectivity index (χ2v) is 5.62. The zero-order valence-electron chi connectivity index (χ0n) is 12.7. The smallest absolute Gasteiger partial charge is 0.123 e. The van der Waals surface area contributed by atoms with Gasteiger partial charge < -0.3 is 15.0 Å². The highest BCUT2D eigenvalue weighted by molar-refractivity contribution is 5.86. The van der Waals surface area contributed by atoms with E-state index in [-0.39, 0.29) is 24.3 Å². The largest absolute Gasteiger partial charge is 0.497 e. The van der Waals surface area contributed by atoms with Gasteiger partial charge >= 0.3 is 0 Å². The van der Waals surface area contributed by atoms with E-state index in [1.54, 1.807) is 7.11 Å². The number of methoxy groups -OCH3 is 1. The second kappa shape index (κ2) is 6.22. The molecule has 0 radical (unpaired) electrons. The molecule has 1 aromatic heterocycles. The molecule has 0 saturated heterocycles. The fraction of sp³-hybridized carbons (Fsp3) is 0.222. The maximum atomic E-state index is 13.2. The van der Waals surface area contributed by atoms with Crippen LogP contribution in [0.2, 0.25) is 0 Å². The van der Waals surface area contributed by atoms with E-state index in [1.807, 2.05) is 24.3 Å².